The molecule has 260 valence electrons. The van der Waals surface area contributed by atoms with Crippen molar-refractivity contribution in [1.29, 1.82) is 0 Å². The van der Waals surface area contributed by atoms with Gasteiger partial charge in [-0.05, 0) is 59.4 Å². The zero-order valence-electron chi connectivity index (χ0n) is 29.8. The zero-order valence-corrected chi connectivity index (χ0v) is 30.6. The molecule has 0 amide bonds. The quantitative estimate of drug-likeness (QED) is 0.164. The predicted molar refractivity (Wildman–Crippen MR) is 227 cm³/mol. The summed E-state index contributed by atoms with van der Waals surface area (Å²) < 4.78 is 2.22. The van der Waals surface area contributed by atoms with Crippen LogP contribution in [0.4, 0.5) is 0 Å². The van der Waals surface area contributed by atoms with E-state index in [9.17, 15) is 0 Å². The number of hydrogen-bond donors (Lipinski definition) is 0. The minimum Gasteiger partial charge on any atom is -0.226 e. The third-order valence-electron chi connectivity index (χ3n) is 9.96. The molecule has 1 aliphatic carbocycles. The van der Waals surface area contributed by atoms with Crippen molar-refractivity contribution in [3.8, 4) is 67.9 Å². The van der Waals surface area contributed by atoms with Crippen LogP contribution >= 0.6 is 11.3 Å². The lowest BCUT2D eigenvalue weighted by atomic mass is 9.95. The number of rotatable bonds is 7. The molecule has 1 aliphatic rings. The number of allylic oxidation sites excluding steroid dienone is 4. The molecule has 55 heavy (non-hydrogen) atoms. The standard InChI is InChI=1S/C49H33N5S/c1-4-15-32(16-5-1)35-21-12-22-36(29-35)37-23-13-25-39(30-37)48-50-43(45-44(51-48)41-27-10-11-28-42(41)55-45)38-24-14-26-40(31-38)49-53-46(33-17-6-2-7-18-33)52-47(54-49)34-19-8-3-9-20-34/h2-4,6-31H,1,5H2. The lowest BCUT2D eigenvalue weighted by molar-refractivity contribution is 1.04. The van der Waals surface area contributed by atoms with Crippen LogP contribution in [0.1, 0.15) is 18.4 Å². The van der Waals surface area contributed by atoms with Crippen molar-refractivity contribution in [2.45, 2.75) is 12.8 Å². The average Bonchev–Trinajstić information content (AvgIpc) is 3.66. The fraction of sp³-hybridized carbons (Fsp3) is 0.0408. The molecule has 3 aromatic heterocycles. The Morgan fingerprint density at radius 3 is 1.56 bits per heavy atom. The third-order valence-corrected chi connectivity index (χ3v) is 11.1. The highest BCUT2D eigenvalue weighted by Crippen LogP contribution is 2.40. The van der Waals surface area contributed by atoms with Gasteiger partial charge in [-0.2, -0.15) is 0 Å². The molecule has 0 saturated carbocycles. The van der Waals surface area contributed by atoms with Crippen LogP contribution in [0.2, 0.25) is 0 Å². The second-order valence-electron chi connectivity index (χ2n) is 13.6. The van der Waals surface area contributed by atoms with E-state index < -0.39 is 0 Å². The molecule has 0 N–H and O–H groups in total. The van der Waals surface area contributed by atoms with Gasteiger partial charge in [-0.15, -0.1) is 11.3 Å². The third kappa shape index (κ3) is 6.43. The lowest BCUT2D eigenvalue weighted by Gasteiger charge is -2.12. The fourth-order valence-corrected chi connectivity index (χ4v) is 8.36. The molecule has 6 heteroatoms. The Bertz CT molecular complexity index is 2870. The molecule has 0 fully saturated rings. The van der Waals surface area contributed by atoms with E-state index in [1.807, 2.05) is 60.7 Å². The summed E-state index contributed by atoms with van der Waals surface area (Å²) in [4.78, 5) is 25.5. The molecule has 3 heterocycles. The van der Waals surface area contributed by atoms with Gasteiger partial charge in [0.05, 0.1) is 15.9 Å². The summed E-state index contributed by atoms with van der Waals surface area (Å²) in [5.74, 6) is 2.54. The van der Waals surface area contributed by atoms with E-state index in [0.29, 0.717) is 23.3 Å². The summed E-state index contributed by atoms with van der Waals surface area (Å²) in [6.45, 7) is 0. The first-order chi connectivity index (χ1) is 27.2. The Morgan fingerprint density at radius 1 is 0.400 bits per heavy atom. The maximum atomic E-state index is 5.36. The van der Waals surface area contributed by atoms with Crippen LogP contribution in [0, 0.1) is 0 Å². The number of fused-ring (bicyclic) bond motifs is 3. The van der Waals surface area contributed by atoms with Gasteiger partial charge in [0.2, 0.25) is 0 Å². The number of thiophene rings is 1. The van der Waals surface area contributed by atoms with Gasteiger partial charge in [-0.25, -0.2) is 24.9 Å². The Kier molecular flexibility index (Phi) is 8.43. The van der Waals surface area contributed by atoms with E-state index in [1.165, 1.54) is 15.8 Å². The largest absolute Gasteiger partial charge is 0.226 e. The first-order valence-corrected chi connectivity index (χ1v) is 19.3. The molecule has 0 spiro atoms. The van der Waals surface area contributed by atoms with Crippen LogP contribution in [-0.4, -0.2) is 24.9 Å². The maximum Gasteiger partial charge on any atom is 0.164 e. The van der Waals surface area contributed by atoms with Crippen LogP contribution in [0.25, 0.3) is 93.8 Å². The van der Waals surface area contributed by atoms with E-state index in [2.05, 4.69) is 115 Å². The molecule has 9 aromatic rings. The van der Waals surface area contributed by atoms with Crippen LogP contribution in [0.3, 0.4) is 0 Å². The predicted octanol–water partition coefficient (Wildman–Crippen LogP) is 12.8. The summed E-state index contributed by atoms with van der Waals surface area (Å²) in [6.07, 6.45) is 8.99. The summed E-state index contributed by atoms with van der Waals surface area (Å²) in [5, 5.41) is 1.12. The van der Waals surface area contributed by atoms with Gasteiger partial charge in [0, 0.05) is 37.9 Å². The normalized spacial score (nSPS) is 12.6. The molecule has 0 unspecified atom stereocenters. The topological polar surface area (TPSA) is 64.5 Å². The molecular weight excluding hydrogens is 691 g/mol. The minimum atomic E-state index is 0.603. The summed E-state index contributed by atoms with van der Waals surface area (Å²) in [5.41, 5.74) is 11.3. The zero-order chi connectivity index (χ0) is 36.6. The van der Waals surface area contributed by atoms with Gasteiger partial charge in [0.15, 0.2) is 23.3 Å². The number of benzene rings is 6. The Labute approximate surface area is 323 Å². The van der Waals surface area contributed by atoms with Gasteiger partial charge < -0.3 is 0 Å². The second kappa shape index (κ2) is 14.2. The van der Waals surface area contributed by atoms with Gasteiger partial charge in [-0.1, -0.05) is 152 Å². The summed E-state index contributed by atoms with van der Waals surface area (Å²) in [6, 6.07) is 54.4. The lowest BCUT2D eigenvalue weighted by Crippen LogP contribution is -2.00. The Hall–Kier alpha value is -6.89. The highest BCUT2D eigenvalue weighted by atomic mass is 32.1. The van der Waals surface area contributed by atoms with Gasteiger partial charge >= 0.3 is 0 Å². The molecule has 0 aliphatic heterocycles. The molecule has 0 saturated heterocycles. The van der Waals surface area contributed by atoms with Crippen molar-refractivity contribution in [3.05, 3.63) is 182 Å². The number of aromatic nitrogens is 5. The van der Waals surface area contributed by atoms with Gasteiger partial charge in [-0.3, -0.25) is 0 Å². The van der Waals surface area contributed by atoms with Crippen molar-refractivity contribution < 1.29 is 0 Å². The van der Waals surface area contributed by atoms with Gasteiger partial charge in [0.1, 0.15) is 0 Å². The maximum absolute atomic E-state index is 5.36. The number of nitrogens with zero attached hydrogens (tertiary/aromatic N) is 5. The van der Waals surface area contributed by atoms with Crippen molar-refractivity contribution >= 4 is 37.2 Å². The molecule has 5 nitrogen and oxygen atoms in total. The monoisotopic (exact) mass is 723 g/mol. The van der Waals surface area contributed by atoms with E-state index >= 15 is 0 Å². The van der Waals surface area contributed by atoms with Crippen molar-refractivity contribution in [2.24, 2.45) is 0 Å². The first-order valence-electron chi connectivity index (χ1n) is 18.5. The van der Waals surface area contributed by atoms with E-state index in [-0.39, 0.29) is 0 Å². The van der Waals surface area contributed by atoms with Crippen LogP contribution in [0.5, 0.6) is 0 Å². The average molecular weight is 724 g/mol. The molecule has 10 rings (SSSR count). The van der Waals surface area contributed by atoms with E-state index in [1.54, 1.807) is 11.3 Å². The second-order valence-corrected chi connectivity index (χ2v) is 14.6. The Morgan fingerprint density at radius 2 is 0.909 bits per heavy atom. The fourth-order valence-electron chi connectivity index (χ4n) is 7.20. The highest BCUT2D eigenvalue weighted by molar-refractivity contribution is 7.26. The first kappa shape index (κ1) is 32.7. The smallest absolute Gasteiger partial charge is 0.164 e. The molecule has 6 aromatic carbocycles. The van der Waals surface area contributed by atoms with Crippen molar-refractivity contribution in [3.63, 3.8) is 0 Å². The van der Waals surface area contributed by atoms with E-state index in [0.717, 1.165) is 73.1 Å². The Balaban J connectivity index is 1.11. The van der Waals surface area contributed by atoms with Crippen molar-refractivity contribution in [1.82, 2.24) is 24.9 Å². The van der Waals surface area contributed by atoms with Crippen LogP contribution < -0.4 is 0 Å². The molecule has 0 atom stereocenters. The van der Waals surface area contributed by atoms with E-state index in [4.69, 9.17) is 24.9 Å². The summed E-state index contributed by atoms with van der Waals surface area (Å²) >= 11 is 1.73. The summed E-state index contributed by atoms with van der Waals surface area (Å²) in [7, 11) is 0. The number of hydrogen-bond acceptors (Lipinski definition) is 6. The van der Waals surface area contributed by atoms with Crippen LogP contribution in [-0.2, 0) is 0 Å². The van der Waals surface area contributed by atoms with Gasteiger partial charge in [0.25, 0.3) is 0 Å². The van der Waals surface area contributed by atoms with Crippen molar-refractivity contribution in [2.75, 3.05) is 0 Å². The van der Waals surface area contributed by atoms with Crippen LogP contribution in [0.15, 0.2) is 176 Å². The highest BCUT2D eigenvalue weighted by Gasteiger charge is 2.19. The molecular formula is C49H33N5S. The SMILES string of the molecule is C1=CC(c2cccc(-c3cccc(-c4nc(-c5cccc(-c6nc(-c7ccccc7)nc(-c7ccccc7)n6)c5)c5sc6ccccc6c5n4)c3)c2)=CCC1. The minimum absolute atomic E-state index is 0.603. The molecule has 0 radical (unpaired) electrons. The molecule has 0 bridgehead atoms.